The minimum atomic E-state index is -0.160. The van der Waals surface area contributed by atoms with Gasteiger partial charge in [0.15, 0.2) is 0 Å². The van der Waals surface area contributed by atoms with Crippen molar-refractivity contribution >= 4 is 34.0 Å². The van der Waals surface area contributed by atoms with Crippen molar-refractivity contribution in [2.45, 2.75) is 19.3 Å². The van der Waals surface area contributed by atoms with Crippen molar-refractivity contribution in [1.82, 2.24) is 0 Å². The Bertz CT molecular complexity index is 437. The molecule has 0 spiro atoms. The van der Waals surface area contributed by atoms with Crippen molar-refractivity contribution < 1.29 is 4.39 Å². The molecule has 4 heteroatoms. The number of halogens is 2. The lowest BCUT2D eigenvalue weighted by Gasteiger charge is -2.21. The van der Waals surface area contributed by atoms with Gasteiger partial charge in [-0.1, -0.05) is 6.42 Å². The van der Waals surface area contributed by atoms with Crippen LogP contribution in [0.25, 0.3) is 0 Å². The standard InChI is InChI=1S/C13H16FIN2/c14-10-4-13(12(16)5-11(10)15)17-6-8-2-1-3-9(8)7-17/h4-5,8-9H,1-3,6-7,16H2. The Hall–Kier alpha value is -0.520. The number of nitrogen functional groups attached to an aromatic ring is 1. The van der Waals surface area contributed by atoms with E-state index in [1.54, 1.807) is 12.1 Å². The molecule has 0 bridgehead atoms. The van der Waals surface area contributed by atoms with Crippen molar-refractivity contribution in [2.24, 2.45) is 11.8 Å². The van der Waals surface area contributed by atoms with E-state index < -0.39 is 0 Å². The molecule has 2 unspecified atom stereocenters. The van der Waals surface area contributed by atoms with E-state index in [9.17, 15) is 4.39 Å². The van der Waals surface area contributed by atoms with Crippen molar-refractivity contribution in [1.29, 1.82) is 0 Å². The molecule has 0 aromatic heterocycles. The quantitative estimate of drug-likeness (QED) is 0.625. The van der Waals surface area contributed by atoms with Gasteiger partial charge in [0, 0.05) is 19.2 Å². The van der Waals surface area contributed by atoms with Crippen LogP contribution in [0.4, 0.5) is 15.8 Å². The predicted molar refractivity (Wildman–Crippen MR) is 76.6 cm³/mol. The first-order chi connectivity index (χ1) is 8.15. The Balaban J connectivity index is 1.88. The molecule has 2 N–H and O–H groups in total. The molecule has 1 aliphatic heterocycles. The molecule has 1 aromatic carbocycles. The van der Waals surface area contributed by atoms with Gasteiger partial charge in [-0.2, -0.15) is 0 Å². The molecule has 0 radical (unpaired) electrons. The Morgan fingerprint density at radius 2 is 1.88 bits per heavy atom. The van der Waals surface area contributed by atoms with E-state index in [1.165, 1.54) is 19.3 Å². The van der Waals surface area contributed by atoms with Crippen LogP contribution >= 0.6 is 22.6 Å². The van der Waals surface area contributed by atoms with E-state index in [1.807, 2.05) is 22.6 Å². The lowest BCUT2D eigenvalue weighted by Crippen LogP contribution is -2.22. The molecule has 1 aliphatic carbocycles. The third kappa shape index (κ3) is 2.00. The smallest absolute Gasteiger partial charge is 0.138 e. The third-order valence-corrected chi connectivity index (χ3v) is 4.96. The maximum atomic E-state index is 13.6. The van der Waals surface area contributed by atoms with Crippen LogP contribution in [0.3, 0.4) is 0 Å². The van der Waals surface area contributed by atoms with E-state index in [0.717, 1.165) is 30.6 Å². The van der Waals surface area contributed by atoms with E-state index in [2.05, 4.69) is 4.90 Å². The first-order valence-electron chi connectivity index (χ1n) is 6.14. The number of benzene rings is 1. The van der Waals surface area contributed by atoms with Gasteiger partial charge in [-0.05, 0) is 53.3 Å². The van der Waals surface area contributed by atoms with Gasteiger partial charge >= 0.3 is 0 Å². The van der Waals surface area contributed by atoms with Gasteiger partial charge in [0.1, 0.15) is 5.82 Å². The zero-order valence-corrected chi connectivity index (χ0v) is 11.8. The number of rotatable bonds is 1. The second-order valence-corrected chi connectivity index (χ2v) is 6.34. The number of nitrogens with zero attached hydrogens (tertiary/aromatic N) is 1. The molecular weight excluding hydrogens is 330 g/mol. The summed E-state index contributed by atoms with van der Waals surface area (Å²) >= 11 is 1.98. The lowest BCUT2D eigenvalue weighted by atomic mass is 10.0. The summed E-state index contributed by atoms with van der Waals surface area (Å²) in [7, 11) is 0. The topological polar surface area (TPSA) is 29.3 Å². The lowest BCUT2D eigenvalue weighted by molar-refractivity contribution is 0.494. The zero-order valence-electron chi connectivity index (χ0n) is 9.63. The first-order valence-corrected chi connectivity index (χ1v) is 7.22. The van der Waals surface area contributed by atoms with Gasteiger partial charge in [0.2, 0.25) is 0 Å². The van der Waals surface area contributed by atoms with Crippen molar-refractivity contribution in [3.63, 3.8) is 0 Å². The second-order valence-electron chi connectivity index (χ2n) is 5.18. The van der Waals surface area contributed by atoms with Gasteiger partial charge in [0.25, 0.3) is 0 Å². The molecule has 92 valence electrons. The highest BCUT2D eigenvalue weighted by Crippen LogP contribution is 2.41. The maximum Gasteiger partial charge on any atom is 0.138 e. The fourth-order valence-corrected chi connectivity index (χ4v) is 3.75. The number of hydrogen-bond acceptors (Lipinski definition) is 2. The Kier molecular flexibility index (Phi) is 2.92. The van der Waals surface area contributed by atoms with Crippen LogP contribution in [0.5, 0.6) is 0 Å². The molecule has 1 aromatic rings. The highest BCUT2D eigenvalue weighted by Gasteiger charge is 2.36. The summed E-state index contributed by atoms with van der Waals surface area (Å²) in [6.45, 7) is 2.10. The summed E-state index contributed by atoms with van der Waals surface area (Å²) in [6.07, 6.45) is 4.02. The molecule has 1 heterocycles. The van der Waals surface area contributed by atoms with Crippen LogP contribution < -0.4 is 10.6 Å². The normalized spacial score (nSPS) is 27.5. The van der Waals surface area contributed by atoms with Gasteiger partial charge in [-0.25, -0.2) is 4.39 Å². The fraction of sp³-hybridized carbons (Fsp3) is 0.538. The second kappa shape index (κ2) is 4.30. The van der Waals surface area contributed by atoms with Crippen molar-refractivity contribution in [3.8, 4) is 0 Å². The molecule has 2 atom stereocenters. The van der Waals surface area contributed by atoms with E-state index >= 15 is 0 Å². The van der Waals surface area contributed by atoms with E-state index in [0.29, 0.717) is 9.26 Å². The monoisotopic (exact) mass is 346 g/mol. The zero-order chi connectivity index (χ0) is 12.0. The summed E-state index contributed by atoms with van der Waals surface area (Å²) in [5, 5.41) is 0. The number of nitrogens with two attached hydrogens (primary N) is 1. The minimum absolute atomic E-state index is 0.160. The van der Waals surface area contributed by atoms with Crippen LogP contribution in [-0.4, -0.2) is 13.1 Å². The molecule has 1 saturated heterocycles. The molecule has 2 fully saturated rings. The van der Waals surface area contributed by atoms with E-state index in [4.69, 9.17) is 5.73 Å². The molecule has 0 amide bonds. The van der Waals surface area contributed by atoms with Gasteiger partial charge in [-0.15, -0.1) is 0 Å². The largest absolute Gasteiger partial charge is 0.397 e. The maximum absolute atomic E-state index is 13.6. The molecule has 1 saturated carbocycles. The predicted octanol–water partition coefficient (Wildman–Crippen LogP) is 3.25. The summed E-state index contributed by atoms with van der Waals surface area (Å²) in [4.78, 5) is 2.27. The van der Waals surface area contributed by atoms with Gasteiger partial charge in [-0.3, -0.25) is 0 Å². The van der Waals surface area contributed by atoms with Crippen LogP contribution in [0.15, 0.2) is 12.1 Å². The van der Waals surface area contributed by atoms with Crippen LogP contribution in [0.1, 0.15) is 19.3 Å². The van der Waals surface area contributed by atoms with Crippen LogP contribution in [0.2, 0.25) is 0 Å². The molecule has 17 heavy (non-hydrogen) atoms. The molecule has 2 aliphatic rings. The highest BCUT2D eigenvalue weighted by molar-refractivity contribution is 14.1. The highest BCUT2D eigenvalue weighted by atomic mass is 127. The fourth-order valence-electron chi connectivity index (χ4n) is 3.26. The Morgan fingerprint density at radius 1 is 1.24 bits per heavy atom. The van der Waals surface area contributed by atoms with Gasteiger partial charge < -0.3 is 10.6 Å². The number of fused-ring (bicyclic) bond motifs is 1. The SMILES string of the molecule is Nc1cc(I)c(F)cc1N1CC2CCCC2C1. The minimum Gasteiger partial charge on any atom is -0.397 e. The van der Waals surface area contributed by atoms with E-state index in [-0.39, 0.29) is 5.82 Å². The Morgan fingerprint density at radius 3 is 2.53 bits per heavy atom. The molecule has 3 rings (SSSR count). The molecular formula is C13H16FIN2. The summed E-state index contributed by atoms with van der Waals surface area (Å²) in [5.41, 5.74) is 7.60. The third-order valence-electron chi connectivity index (χ3n) is 4.14. The summed E-state index contributed by atoms with van der Waals surface area (Å²) in [5.74, 6) is 1.44. The Labute approximate surface area is 115 Å². The average Bonchev–Trinajstić information content (AvgIpc) is 2.83. The van der Waals surface area contributed by atoms with Gasteiger partial charge in [0.05, 0.1) is 14.9 Å². The number of hydrogen-bond donors (Lipinski definition) is 1. The molecule has 2 nitrogen and oxygen atoms in total. The van der Waals surface area contributed by atoms with Crippen molar-refractivity contribution in [2.75, 3.05) is 23.7 Å². The average molecular weight is 346 g/mol. The first kappa shape index (κ1) is 11.6. The summed E-state index contributed by atoms with van der Waals surface area (Å²) < 4.78 is 14.2. The van der Waals surface area contributed by atoms with Crippen LogP contribution in [0, 0.1) is 21.2 Å². The van der Waals surface area contributed by atoms with Crippen molar-refractivity contribution in [3.05, 3.63) is 21.5 Å². The number of anilines is 2. The summed E-state index contributed by atoms with van der Waals surface area (Å²) in [6, 6.07) is 3.33. The van der Waals surface area contributed by atoms with Crippen LogP contribution in [-0.2, 0) is 0 Å².